The average Bonchev–Trinajstić information content (AvgIpc) is 3.47. The molecule has 3 saturated carbocycles. The lowest BCUT2D eigenvalue weighted by Gasteiger charge is -2.35. The molecule has 8 rings (SSSR count). The number of carbonyl (C=O) groups excluding carboxylic acids is 2. The van der Waals surface area contributed by atoms with Crippen LogP contribution in [0, 0.1) is 24.2 Å². The standard InChI is InChI=1S/C44H49F3N8O6/c1-26-20-55(38-31(26)10-7-15-49-38)43(25-54-22-33(57)36(58)34(51-54)39(60)48-3)14-13-41(2,23-43)18-27-16-28(27)19-50-40(61)35-37(59)32(56)21-53(52-35)24-42(11-4-5-12-42)29-8-6-9-30(17-29)44(45,46)47/h6-10,15,17,20-22,27-28,56-57H,4-5,11-14,16,18-19,23-25H2,1-3H3,(H,48,60)(H,50,61). The summed E-state index contributed by atoms with van der Waals surface area (Å²) in [5, 5.41) is 36.1. The topological polar surface area (TPSA) is 186 Å². The van der Waals surface area contributed by atoms with E-state index in [2.05, 4.69) is 38.5 Å². The zero-order valence-corrected chi connectivity index (χ0v) is 34.3. The summed E-state index contributed by atoms with van der Waals surface area (Å²) in [5.41, 5.74) is -2.59. The number of hydrogen-bond acceptors (Lipinski definition) is 9. The van der Waals surface area contributed by atoms with E-state index in [-0.39, 0.29) is 36.9 Å². The average molecular weight is 843 g/mol. The first-order valence-electron chi connectivity index (χ1n) is 20.7. The normalized spacial score (nSPS) is 23.3. The highest BCUT2D eigenvalue weighted by atomic mass is 19.4. The number of carbonyl (C=O) groups is 2. The minimum absolute atomic E-state index is 0.0799. The summed E-state index contributed by atoms with van der Waals surface area (Å²) < 4.78 is 45.9. The first-order chi connectivity index (χ1) is 28.9. The van der Waals surface area contributed by atoms with Crippen LogP contribution in [0.3, 0.4) is 0 Å². The van der Waals surface area contributed by atoms with Gasteiger partial charge in [0.15, 0.2) is 22.9 Å². The highest BCUT2D eigenvalue weighted by Crippen LogP contribution is 2.57. The summed E-state index contributed by atoms with van der Waals surface area (Å²) in [6.45, 7) is 4.87. The van der Waals surface area contributed by atoms with Crippen LogP contribution in [0.5, 0.6) is 11.5 Å². The van der Waals surface area contributed by atoms with Crippen LogP contribution in [0.1, 0.15) is 102 Å². The Hall–Kier alpha value is -6.00. The fourth-order valence-electron chi connectivity index (χ4n) is 10.3. The van der Waals surface area contributed by atoms with Crippen LogP contribution in [-0.2, 0) is 30.2 Å². The first kappa shape index (κ1) is 41.7. The van der Waals surface area contributed by atoms with Crippen molar-refractivity contribution in [3.05, 3.63) is 110 Å². The number of pyridine rings is 1. The van der Waals surface area contributed by atoms with Gasteiger partial charge in [0.2, 0.25) is 0 Å². The summed E-state index contributed by atoms with van der Waals surface area (Å²) in [6.07, 6.45) is 8.35. The van der Waals surface area contributed by atoms with Gasteiger partial charge >= 0.3 is 6.18 Å². The molecule has 4 N–H and O–H groups in total. The van der Waals surface area contributed by atoms with E-state index in [1.807, 2.05) is 19.1 Å². The predicted octanol–water partition coefficient (Wildman–Crippen LogP) is 5.80. The predicted molar refractivity (Wildman–Crippen MR) is 218 cm³/mol. The number of nitrogens with one attached hydrogen (secondary N) is 2. The monoisotopic (exact) mass is 842 g/mol. The van der Waals surface area contributed by atoms with Crippen LogP contribution in [0.25, 0.3) is 11.0 Å². The van der Waals surface area contributed by atoms with Gasteiger partial charge in [-0.25, -0.2) is 4.98 Å². The van der Waals surface area contributed by atoms with Gasteiger partial charge in [0.1, 0.15) is 5.65 Å². The number of aromatic hydroxyl groups is 2. The highest BCUT2D eigenvalue weighted by molar-refractivity contribution is 5.92. The summed E-state index contributed by atoms with van der Waals surface area (Å²) in [6, 6.07) is 9.13. The molecule has 2 amide bonds. The van der Waals surface area contributed by atoms with Crippen molar-refractivity contribution < 1.29 is 33.0 Å². The van der Waals surface area contributed by atoms with Crippen LogP contribution >= 0.6 is 0 Å². The minimum Gasteiger partial charge on any atom is -0.503 e. The lowest BCUT2D eigenvalue weighted by Crippen LogP contribution is -2.39. The van der Waals surface area contributed by atoms with E-state index in [0.717, 1.165) is 67.0 Å². The molecule has 3 aliphatic carbocycles. The maximum Gasteiger partial charge on any atom is 0.416 e. The van der Waals surface area contributed by atoms with Crippen molar-refractivity contribution in [3.63, 3.8) is 0 Å². The number of nitrogens with zero attached hydrogens (tertiary/aromatic N) is 6. The molecule has 1 aromatic carbocycles. The van der Waals surface area contributed by atoms with E-state index in [1.54, 1.807) is 12.3 Å². The number of fused-ring (bicyclic) bond motifs is 1. The van der Waals surface area contributed by atoms with Gasteiger partial charge in [-0.2, -0.15) is 23.4 Å². The number of hydrogen-bond donors (Lipinski definition) is 4. The van der Waals surface area contributed by atoms with Crippen LogP contribution in [0.2, 0.25) is 0 Å². The molecule has 0 spiro atoms. The zero-order chi connectivity index (χ0) is 43.5. The van der Waals surface area contributed by atoms with E-state index >= 15 is 0 Å². The quantitative estimate of drug-likeness (QED) is 0.121. The Labute approximate surface area is 348 Å². The lowest BCUT2D eigenvalue weighted by atomic mass is 9.78. The molecular weight excluding hydrogens is 794 g/mol. The number of benzene rings is 1. The Morgan fingerprint density at radius 3 is 2.23 bits per heavy atom. The second-order valence-corrected chi connectivity index (χ2v) is 17.9. The van der Waals surface area contributed by atoms with Gasteiger partial charge in [0, 0.05) is 36.8 Å². The molecule has 14 nitrogen and oxygen atoms in total. The van der Waals surface area contributed by atoms with Crippen molar-refractivity contribution in [3.8, 4) is 11.5 Å². The van der Waals surface area contributed by atoms with Crippen molar-refractivity contribution >= 4 is 22.8 Å². The van der Waals surface area contributed by atoms with E-state index in [9.17, 15) is 42.6 Å². The van der Waals surface area contributed by atoms with Crippen molar-refractivity contribution in [2.45, 2.75) is 102 Å². The van der Waals surface area contributed by atoms with Crippen molar-refractivity contribution in [1.29, 1.82) is 0 Å². The molecule has 5 aromatic rings. The van der Waals surface area contributed by atoms with Crippen molar-refractivity contribution in [2.75, 3.05) is 13.6 Å². The highest BCUT2D eigenvalue weighted by Gasteiger charge is 2.51. The Bertz CT molecular complexity index is 2650. The molecule has 3 fully saturated rings. The zero-order valence-electron chi connectivity index (χ0n) is 34.3. The molecule has 61 heavy (non-hydrogen) atoms. The van der Waals surface area contributed by atoms with Gasteiger partial charge in [-0.15, -0.1) is 0 Å². The number of alkyl halides is 3. The Morgan fingerprint density at radius 1 is 0.885 bits per heavy atom. The molecular formula is C44H49F3N8O6. The maximum atomic E-state index is 13.6. The molecule has 4 unspecified atom stereocenters. The molecule has 0 radical (unpaired) electrons. The minimum atomic E-state index is -4.51. The molecule has 4 atom stereocenters. The maximum absolute atomic E-state index is 13.6. The fourth-order valence-corrected chi connectivity index (χ4v) is 10.3. The van der Waals surface area contributed by atoms with Crippen LogP contribution in [0.15, 0.2) is 70.8 Å². The summed E-state index contributed by atoms with van der Waals surface area (Å²) >= 11 is 0. The Morgan fingerprint density at radius 2 is 1.56 bits per heavy atom. The third-order valence-electron chi connectivity index (χ3n) is 13.4. The second-order valence-electron chi connectivity index (χ2n) is 17.9. The van der Waals surface area contributed by atoms with Gasteiger partial charge in [0.25, 0.3) is 22.7 Å². The number of amides is 2. The van der Waals surface area contributed by atoms with Gasteiger partial charge in [-0.3, -0.25) is 28.5 Å². The third kappa shape index (κ3) is 8.01. The smallest absolute Gasteiger partial charge is 0.416 e. The third-order valence-corrected chi connectivity index (χ3v) is 13.4. The van der Waals surface area contributed by atoms with Crippen molar-refractivity contribution in [1.82, 2.24) is 39.7 Å². The summed E-state index contributed by atoms with van der Waals surface area (Å²) in [7, 11) is 1.39. The van der Waals surface area contributed by atoms with E-state index in [0.29, 0.717) is 31.2 Å². The van der Waals surface area contributed by atoms with Crippen LogP contribution in [-0.4, -0.2) is 64.7 Å². The summed E-state index contributed by atoms with van der Waals surface area (Å²) in [5.74, 6) is -2.29. The molecule has 3 aliphatic rings. The molecule has 4 aromatic heterocycles. The van der Waals surface area contributed by atoms with Gasteiger partial charge < -0.3 is 25.4 Å². The molecule has 322 valence electrons. The Kier molecular flexibility index (Phi) is 10.6. The molecule has 0 saturated heterocycles. The number of halogens is 3. The van der Waals surface area contributed by atoms with E-state index in [4.69, 9.17) is 4.98 Å². The molecule has 0 bridgehead atoms. The van der Waals surface area contributed by atoms with Gasteiger partial charge in [0.05, 0.1) is 36.6 Å². The van der Waals surface area contributed by atoms with Gasteiger partial charge in [-0.05, 0) is 98.4 Å². The SMILES string of the molecule is CNC(=O)c1nn(CC2(n3cc(C)c4cccnc43)CCC(C)(CC3CC3CNC(=O)c3nn(CC4(c5cccc(C(F)(F)F)c5)CCCC4)cc(O)c3=O)C2)cc(O)c1=O. The van der Waals surface area contributed by atoms with Crippen LogP contribution in [0.4, 0.5) is 13.2 Å². The number of aromatic nitrogens is 6. The number of aryl methyl sites for hydroxylation is 1. The summed E-state index contributed by atoms with van der Waals surface area (Å²) in [4.78, 5) is 56.5. The van der Waals surface area contributed by atoms with E-state index < -0.39 is 68.3 Å². The van der Waals surface area contributed by atoms with Crippen LogP contribution < -0.4 is 21.5 Å². The van der Waals surface area contributed by atoms with Gasteiger partial charge in [-0.1, -0.05) is 38.0 Å². The number of rotatable bonds is 12. The molecule has 4 heterocycles. The second kappa shape index (κ2) is 15.5. The first-order valence-corrected chi connectivity index (χ1v) is 20.7. The molecule has 17 heteroatoms. The fraction of sp³-hybridized carbons (Fsp3) is 0.477. The van der Waals surface area contributed by atoms with E-state index in [1.165, 1.54) is 28.7 Å². The lowest BCUT2D eigenvalue weighted by molar-refractivity contribution is -0.137. The Balaban J connectivity index is 0.973. The molecule has 0 aliphatic heterocycles. The van der Waals surface area contributed by atoms with Crippen molar-refractivity contribution in [2.24, 2.45) is 17.3 Å². The largest absolute Gasteiger partial charge is 0.503 e.